The number of hydrogen-bond acceptors (Lipinski definition) is 4. The van der Waals surface area contributed by atoms with Gasteiger partial charge in [0.15, 0.2) is 0 Å². The lowest BCUT2D eigenvalue weighted by Crippen LogP contribution is -2.51. The number of thiazole rings is 1. The normalized spacial score (nSPS) is 23.5. The van der Waals surface area contributed by atoms with Crippen molar-refractivity contribution in [1.82, 2.24) is 14.8 Å². The van der Waals surface area contributed by atoms with E-state index in [2.05, 4.69) is 33.8 Å². The topological polar surface area (TPSA) is 36.4 Å². The van der Waals surface area contributed by atoms with E-state index in [4.69, 9.17) is 0 Å². The van der Waals surface area contributed by atoms with Gasteiger partial charge in [0.25, 0.3) is 0 Å². The Morgan fingerprint density at radius 1 is 1.24 bits per heavy atom. The van der Waals surface area contributed by atoms with Crippen LogP contribution in [-0.4, -0.2) is 46.4 Å². The van der Waals surface area contributed by atoms with E-state index in [0.717, 1.165) is 44.6 Å². The van der Waals surface area contributed by atoms with Crippen molar-refractivity contribution in [3.8, 4) is 0 Å². The van der Waals surface area contributed by atoms with Gasteiger partial charge >= 0.3 is 0 Å². The molecular weight excluding hydrogens is 330 g/mol. The van der Waals surface area contributed by atoms with Gasteiger partial charge in [-0.15, -0.1) is 11.3 Å². The fraction of sp³-hybridized carbons (Fsp3) is 0.500. The quantitative estimate of drug-likeness (QED) is 0.846. The second-order valence-electron chi connectivity index (χ2n) is 7.43. The van der Waals surface area contributed by atoms with E-state index in [-0.39, 0.29) is 17.4 Å². The van der Waals surface area contributed by atoms with E-state index in [0.29, 0.717) is 0 Å². The van der Waals surface area contributed by atoms with Gasteiger partial charge in [0.2, 0.25) is 5.91 Å². The van der Waals surface area contributed by atoms with Crippen LogP contribution in [0.5, 0.6) is 0 Å². The average molecular weight is 356 g/mol. The Morgan fingerprint density at radius 2 is 1.96 bits per heavy atom. The maximum Gasteiger partial charge on any atom is 0.230 e. The van der Waals surface area contributed by atoms with Gasteiger partial charge in [-0.05, 0) is 31.7 Å². The Labute approximate surface area is 153 Å². The molecule has 1 unspecified atom stereocenters. The molecule has 25 heavy (non-hydrogen) atoms. The van der Waals surface area contributed by atoms with Crippen molar-refractivity contribution in [3.63, 3.8) is 0 Å². The first-order valence-electron chi connectivity index (χ1n) is 9.03. The van der Waals surface area contributed by atoms with Crippen LogP contribution >= 0.6 is 11.3 Å². The standard InChI is InChI=1S/C20H25N3OS/c1-15-18(25-14-21-15)13-23-10-8-20(9-11-23)12-17(19(24)22(20)2)16-6-4-3-5-7-16/h3-7,14,17H,8-13H2,1-2H3. The van der Waals surface area contributed by atoms with Crippen molar-refractivity contribution in [3.05, 3.63) is 52.0 Å². The van der Waals surface area contributed by atoms with Crippen molar-refractivity contribution >= 4 is 17.2 Å². The van der Waals surface area contributed by atoms with Gasteiger partial charge in [-0.3, -0.25) is 9.69 Å². The highest BCUT2D eigenvalue weighted by molar-refractivity contribution is 7.09. The molecule has 3 heterocycles. The monoisotopic (exact) mass is 355 g/mol. The van der Waals surface area contributed by atoms with Crippen molar-refractivity contribution < 1.29 is 4.79 Å². The average Bonchev–Trinajstić information content (AvgIpc) is 3.15. The molecular formula is C20H25N3OS. The van der Waals surface area contributed by atoms with Gasteiger partial charge in [-0.2, -0.15) is 0 Å². The number of nitrogens with zero attached hydrogens (tertiary/aromatic N) is 3. The number of piperidine rings is 1. The molecule has 0 bridgehead atoms. The van der Waals surface area contributed by atoms with Crippen LogP contribution in [0, 0.1) is 6.92 Å². The Morgan fingerprint density at radius 3 is 2.60 bits per heavy atom. The van der Waals surface area contributed by atoms with Crippen LogP contribution in [-0.2, 0) is 11.3 Å². The third-order valence-corrected chi connectivity index (χ3v) is 7.04. The lowest BCUT2D eigenvalue weighted by Gasteiger charge is -2.43. The third-order valence-electron chi connectivity index (χ3n) is 6.13. The largest absolute Gasteiger partial charge is 0.339 e. The van der Waals surface area contributed by atoms with E-state index in [1.54, 1.807) is 11.3 Å². The highest BCUT2D eigenvalue weighted by atomic mass is 32.1. The number of carbonyl (C=O) groups is 1. The Hall–Kier alpha value is -1.72. The van der Waals surface area contributed by atoms with Crippen molar-refractivity contribution in [1.29, 1.82) is 0 Å². The number of aromatic nitrogens is 1. The van der Waals surface area contributed by atoms with Crippen LogP contribution in [0.4, 0.5) is 0 Å². The molecule has 2 fully saturated rings. The molecule has 4 nitrogen and oxygen atoms in total. The predicted molar refractivity (Wildman–Crippen MR) is 101 cm³/mol. The maximum absolute atomic E-state index is 12.9. The van der Waals surface area contributed by atoms with Gasteiger partial charge in [0, 0.05) is 37.1 Å². The van der Waals surface area contributed by atoms with E-state index in [1.807, 2.05) is 30.8 Å². The van der Waals surface area contributed by atoms with E-state index in [1.165, 1.54) is 10.4 Å². The number of aryl methyl sites for hydroxylation is 1. The van der Waals surface area contributed by atoms with Crippen molar-refractivity contribution in [2.75, 3.05) is 20.1 Å². The first-order valence-corrected chi connectivity index (χ1v) is 9.91. The number of likely N-dealkylation sites (tertiary alicyclic amines) is 2. The maximum atomic E-state index is 12.9. The molecule has 1 spiro atoms. The zero-order chi connectivity index (χ0) is 17.4. The smallest absolute Gasteiger partial charge is 0.230 e. The Bertz CT molecular complexity index is 749. The summed E-state index contributed by atoms with van der Waals surface area (Å²) in [4.78, 5) is 23.2. The van der Waals surface area contributed by atoms with Crippen LogP contribution < -0.4 is 0 Å². The third kappa shape index (κ3) is 3.00. The number of carbonyl (C=O) groups excluding carboxylic acids is 1. The van der Waals surface area contributed by atoms with Crippen LogP contribution in [0.25, 0.3) is 0 Å². The number of benzene rings is 1. The Kier molecular flexibility index (Phi) is 4.38. The number of hydrogen-bond donors (Lipinski definition) is 0. The lowest BCUT2D eigenvalue weighted by molar-refractivity contribution is -0.131. The Balaban J connectivity index is 1.45. The second-order valence-corrected chi connectivity index (χ2v) is 8.37. The summed E-state index contributed by atoms with van der Waals surface area (Å²) in [7, 11) is 2.01. The second kappa shape index (κ2) is 6.54. The predicted octanol–water partition coefficient (Wildman–Crippen LogP) is 3.43. The summed E-state index contributed by atoms with van der Waals surface area (Å²) >= 11 is 1.75. The van der Waals surface area contributed by atoms with Crippen LogP contribution in [0.2, 0.25) is 0 Å². The fourth-order valence-corrected chi connectivity index (χ4v) is 5.18. The molecule has 0 aliphatic carbocycles. The zero-order valence-corrected chi connectivity index (χ0v) is 15.8. The van der Waals surface area contributed by atoms with Crippen molar-refractivity contribution in [2.24, 2.45) is 0 Å². The summed E-state index contributed by atoms with van der Waals surface area (Å²) in [6.07, 6.45) is 3.09. The van der Waals surface area contributed by atoms with Crippen LogP contribution in [0.15, 0.2) is 35.8 Å². The molecule has 2 saturated heterocycles. The molecule has 1 aromatic carbocycles. The van der Waals surface area contributed by atoms with Gasteiger partial charge < -0.3 is 4.90 Å². The van der Waals surface area contributed by atoms with Crippen LogP contribution in [0.3, 0.4) is 0 Å². The minimum Gasteiger partial charge on any atom is -0.339 e. The molecule has 0 N–H and O–H groups in total. The first kappa shape index (κ1) is 16.7. The van der Waals surface area contributed by atoms with Crippen molar-refractivity contribution in [2.45, 2.75) is 44.2 Å². The number of likely N-dealkylation sites (N-methyl/N-ethyl adjacent to an activating group) is 1. The van der Waals surface area contributed by atoms with E-state index < -0.39 is 0 Å². The molecule has 2 aromatic rings. The molecule has 1 amide bonds. The highest BCUT2D eigenvalue weighted by Gasteiger charge is 2.50. The minimum atomic E-state index is 0.0292. The molecule has 1 aromatic heterocycles. The lowest BCUT2D eigenvalue weighted by atomic mass is 9.81. The molecule has 2 aliphatic rings. The summed E-state index contributed by atoms with van der Waals surface area (Å²) in [6.45, 7) is 5.18. The summed E-state index contributed by atoms with van der Waals surface area (Å²) in [5, 5.41) is 0. The zero-order valence-electron chi connectivity index (χ0n) is 14.9. The van der Waals surface area contributed by atoms with Gasteiger partial charge in [-0.1, -0.05) is 30.3 Å². The van der Waals surface area contributed by atoms with E-state index in [9.17, 15) is 4.79 Å². The fourth-order valence-electron chi connectivity index (χ4n) is 4.37. The minimum absolute atomic E-state index is 0.0292. The molecule has 0 radical (unpaired) electrons. The SMILES string of the molecule is Cc1ncsc1CN1CCC2(CC1)CC(c1ccccc1)C(=O)N2C. The number of rotatable bonds is 3. The molecule has 5 heteroatoms. The first-order chi connectivity index (χ1) is 12.1. The van der Waals surface area contributed by atoms with Gasteiger partial charge in [0.1, 0.15) is 0 Å². The van der Waals surface area contributed by atoms with Gasteiger partial charge in [-0.25, -0.2) is 4.98 Å². The molecule has 1 atom stereocenters. The van der Waals surface area contributed by atoms with E-state index >= 15 is 0 Å². The summed E-state index contributed by atoms with van der Waals surface area (Å²) in [6, 6.07) is 10.3. The summed E-state index contributed by atoms with van der Waals surface area (Å²) in [5.74, 6) is 0.319. The molecule has 132 valence electrons. The number of amides is 1. The van der Waals surface area contributed by atoms with Gasteiger partial charge in [0.05, 0.1) is 17.1 Å². The molecule has 4 rings (SSSR count). The highest BCUT2D eigenvalue weighted by Crippen LogP contribution is 2.45. The summed E-state index contributed by atoms with van der Waals surface area (Å²) < 4.78 is 0. The summed E-state index contributed by atoms with van der Waals surface area (Å²) in [5.41, 5.74) is 4.29. The van der Waals surface area contributed by atoms with Crippen LogP contribution in [0.1, 0.15) is 41.3 Å². The molecule has 2 aliphatic heterocycles. The molecule has 0 saturated carbocycles.